The Kier molecular flexibility index (Phi) is 2.00. The fraction of sp³-hybridized carbons (Fsp3) is 1.00. The number of hydrogen-bond donors (Lipinski definition) is 0. The first kappa shape index (κ1) is 5.45. The van der Waals surface area contributed by atoms with Gasteiger partial charge >= 0.3 is 0 Å². The molecule has 1 rings (SSSR count). The van der Waals surface area contributed by atoms with Gasteiger partial charge in [0.25, 0.3) is 5.44 Å². The maximum Gasteiger partial charge on any atom is 0.296 e. The predicted molar refractivity (Wildman–Crippen MR) is 33.2 cm³/mol. The molecule has 0 aromatic heterocycles. The van der Waals surface area contributed by atoms with E-state index in [2.05, 4.69) is 6.92 Å². The first-order valence-corrected chi connectivity index (χ1v) is 3.67. The molecule has 1 nitrogen and oxygen atoms in total. The minimum absolute atomic E-state index is 0.625. The van der Waals surface area contributed by atoms with Gasteiger partial charge in [0.2, 0.25) is 0 Å². The topological polar surface area (TPSA) is 12.5 Å². The van der Waals surface area contributed by atoms with Gasteiger partial charge in [0.1, 0.15) is 0 Å². The number of hydrogen-bond acceptors (Lipinski definition) is 1. The molecule has 0 N–H and O–H groups in total. The van der Waals surface area contributed by atoms with E-state index in [4.69, 9.17) is 4.18 Å². The van der Waals surface area contributed by atoms with E-state index in [9.17, 15) is 0 Å². The van der Waals surface area contributed by atoms with E-state index in [0.29, 0.717) is 5.44 Å². The van der Waals surface area contributed by atoms with Crippen LogP contribution in [0.15, 0.2) is 0 Å². The molecule has 0 saturated carbocycles. The summed E-state index contributed by atoms with van der Waals surface area (Å²) in [6.45, 7) is 2.21. The fourth-order valence-electron chi connectivity index (χ4n) is 0.527. The van der Waals surface area contributed by atoms with Crippen LogP contribution in [0, 0.1) is 0 Å². The lowest BCUT2D eigenvalue weighted by molar-refractivity contribution is 0.430. The quantitative estimate of drug-likeness (QED) is 0.309. The third-order valence-electron chi connectivity index (χ3n) is 1.06. The van der Waals surface area contributed by atoms with Crippen molar-refractivity contribution in [2.75, 3.05) is 0 Å². The van der Waals surface area contributed by atoms with E-state index in [1.807, 2.05) is 0 Å². The summed E-state index contributed by atoms with van der Waals surface area (Å²) in [6, 6.07) is 0. The van der Waals surface area contributed by atoms with Gasteiger partial charge in [0.15, 0.2) is 12.0 Å². The van der Waals surface area contributed by atoms with Crippen LogP contribution in [-0.4, -0.2) is 5.44 Å². The van der Waals surface area contributed by atoms with Crippen LogP contribution in [-0.2, 0) is 16.2 Å². The molecule has 1 heterocycles. The van der Waals surface area contributed by atoms with Gasteiger partial charge in [-0.3, -0.25) is 0 Å². The lowest BCUT2D eigenvalue weighted by atomic mass is 10.3. The maximum atomic E-state index is 4.98. The fourth-order valence-corrected chi connectivity index (χ4v) is 1.01. The predicted octanol–water partition coefficient (Wildman–Crippen LogP) is 1.26. The van der Waals surface area contributed by atoms with Crippen molar-refractivity contribution in [2.45, 2.75) is 31.6 Å². The summed E-state index contributed by atoms with van der Waals surface area (Å²) in [5, 5.41) is 0. The average molecular weight is 119 g/mol. The van der Waals surface area contributed by atoms with Gasteiger partial charge < -0.3 is 0 Å². The Hall–Kier alpha value is 0.310. The second kappa shape index (κ2) is 2.58. The Bertz CT molecular complexity index is 52.0. The van der Waals surface area contributed by atoms with Crippen molar-refractivity contribution in [3.05, 3.63) is 0 Å². The van der Waals surface area contributed by atoms with Gasteiger partial charge in [0, 0.05) is 6.42 Å². The molecule has 0 spiro atoms. The Morgan fingerprint density at radius 3 is 2.86 bits per heavy atom. The average Bonchev–Trinajstić information content (AvgIpc) is 2.42. The molecule has 7 heavy (non-hydrogen) atoms. The van der Waals surface area contributed by atoms with Crippen LogP contribution in [0.1, 0.15) is 26.2 Å². The van der Waals surface area contributed by atoms with E-state index in [-0.39, 0.29) is 0 Å². The zero-order chi connectivity index (χ0) is 5.11. The number of thiol groups is 1. The van der Waals surface area contributed by atoms with E-state index in [1.165, 1.54) is 31.3 Å². The molecular weight excluding hydrogens is 108 g/mol. The van der Waals surface area contributed by atoms with Crippen LogP contribution in [0.5, 0.6) is 0 Å². The van der Waals surface area contributed by atoms with Gasteiger partial charge in [-0.15, -0.1) is 4.18 Å². The monoisotopic (exact) mass is 119 g/mol. The van der Waals surface area contributed by atoms with Crippen LogP contribution in [0.3, 0.4) is 0 Å². The summed E-state index contributed by atoms with van der Waals surface area (Å²) in [5.74, 6) is 0. The summed E-state index contributed by atoms with van der Waals surface area (Å²) in [6.07, 6.45) is 3.91. The Balaban J connectivity index is 1.80. The Labute approximate surface area is 48.6 Å². The molecule has 0 amide bonds. The van der Waals surface area contributed by atoms with Crippen molar-refractivity contribution in [2.24, 2.45) is 0 Å². The highest BCUT2D eigenvalue weighted by Gasteiger charge is 2.36. The van der Waals surface area contributed by atoms with Gasteiger partial charge in [0.05, 0.1) is 0 Å². The molecule has 42 valence electrons. The zero-order valence-corrected chi connectivity index (χ0v) is 5.45. The third-order valence-corrected chi connectivity index (χ3v) is 1.83. The first-order valence-electron chi connectivity index (χ1n) is 2.79. The second-order valence-electron chi connectivity index (χ2n) is 1.81. The summed E-state index contributed by atoms with van der Waals surface area (Å²) in [4.78, 5) is 0. The van der Waals surface area contributed by atoms with Crippen molar-refractivity contribution in [1.82, 2.24) is 0 Å². The minimum atomic E-state index is 0.625. The van der Waals surface area contributed by atoms with Crippen molar-refractivity contribution in [3.63, 3.8) is 0 Å². The normalized spacial score (nSPS) is 27.9. The van der Waals surface area contributed by atoms with Crippen molar-refractivity contribution >= 4 is 12.0 Å². The van der Waals surface area contributed by atoms with Gasteiger partial charge in [-0.25, -0.2) is 0 Å². The summed E-state index contributed by atoms with van der Waals surface area (Å²) in [7, 11) is 0. The molecule has 2 heteroatoms. The molecule has 0 aliphatic carbocycles. The standard InChI is InChI=1S/C5H10OS/c1-2-3-4-5-6-7-5/h5H,2-4H2,1H3/p+1. The highest BCUT2D eigenvalue weighted by Crippen LogP contribution is 2.19. The SMILES string of the molecule is CCCCC1O[SH+]1. The smallest absolute Gasteiger partial charge is 0.114 e. The molecule has 1 atom stereocenters. The summed E-state index contributed by atoms with van der Waals surface area (Å²) in [5.41, 5.74) is 0.625. The van der Waals surface area contributed by atoms with Gasteiger partial charge in [-0.1, -0.05) is 13.3 Å². The van der Waals surface area contributed by atoms with Crippen molar-refractivity contribution in [1.29, 1.82) is 0 Å². The molecular formula is C5H11OS+. The van der Waals surface area contributed by atoms with Crippen LogP contribution in [0.25, 0.3) is 0 Å². The van der Waals surface area contributed by atoms with Gasteiger partial charge in [-0.05, 0) is 6.42 Å². The molecule has 0 bridgehead atoms. The molecule has 1 unspecified atom stereocenters. The highest BCUT2D eigenvalue weighted by molar-refractivity contribution is 7.79. The zero-order valence-electron chi connectivity index (χ0n) is 4.55. The summed E-state index contributed by atoms with van der Waals surface area (Å²) < 4.78 is 4.98. The molecule has 1 fully saturated rings. The number of rotatable bonds is 3. The van der Waals surface area contributed by atoms with E-state index < -0.39 is 0 Å². The lowest BCUT2D eigenvalue weighted by Crippen LogP contribution is -1.80. The van der Waals surface area contributed by atoms with Crippen LogP contribution in [0.2, 0.25) is 0 Å². The summed E-state index contributed by atoms with van der Waals surface area (Å²) >= 11 is 1.22. The van der Waals surface area contributed by atoms with Crippen molar-refractivity contribution in [3.8, 4) is 0 Å². The molecule has 0 aromatic carbocycles. The van der Waals surface area contributed by atoms with Crippen LogP contribution < -0.4 is 0 Å². The molecule has 1 saturated heterocycles. The van der Waals surface area contributed by atoms with Crippen LogP contribution in [0.4, 0.5) is 0 Å². The van der Waals surface area contributed by atoms with Gasteiger partial charge in [-0.2, -0.15) is 0 Å². The van der Waals surface area contributed by atoms with E-state index in [0.717, 1.165) is 0 Å². The highest BCUT2D eigenvalue weighted by atomic mass is 32.2. The third kappa shape index (κ3) is 2.19. The molecule has 0 radical (unpaired) electrons. The number of unbranched alkanes of at least 4 members (excludes halogenated alkanes) is 1. The molecule has 1 aliphatic heterocycles. The molecule has 0 aromatic rings. The maximum absolute atomic E-state index is 4.98. The minimum Gasteiger partial charge on any atom is -0.114 e. The first-order chi connectivity index (χ1) is 3.43. The second-order valence-corrected chi connectivity index (χ2v) is 2.81. The van der Waals surface area contributed by atoms with E-state index >= 15 is 0 Å². The largest absolute Gasteiger partial charge is 0.296 e. The molecule has 1 aliphatic rings. The Morgan fingerprint density at radius 1 is 1.71 bits per heavy atom. The lowest BCUT2D eigenvalue weighted by Gasteiger charge is -1.80. The van der Waals surface area contributed by atoms with Crippen molar-refractivity contribution < 1.29 is 4.18 Å². The van der Waals surface area contributed by atoms with E-state index in [1.54, 1.807) is 0 Å². The van der Waals surface area contributed by atoms with Crippen LogP contribution >= 0.6 is 0 Å². The Morgan fingerprint density at radius 2 is 2.43 bits per heavy atom.